The van der Waals surface area contributed by atoms with Crippen LogP contribution in [0.25, 0.3) is 0 Å². The van der Waals surface area contributed by atoms with Crippen LogP contribution in [0.2, 0.25) is 0 Å². The van der Waals surface area contributed by atoms with Crippen LogP contribution in [0.4, 0.5) is 0 Å². The van der Waals surface area contributed by atoms with E-state index in [1.165, 1.54) is 56.8 Å². The molecule has 3 heteroatoms. The molecule has 0 atom stereocenters. The van der Waals surface area contributed by atoms with E-state index in [1.54, 1.807) is 0 Å². The number of alkyl halides is 1. The predicted molar refractivity (Wildman–Crippen MR) is 71.8 cm³/mol. The molecule has 0 saturated carbocycles. The van der Waals surface area contributed by atoms with Crippen LogP contribution in [0.1, 0.15) is 51.9 Å². The molecule has 2 aliphatic rings. The molecule has 0 N–H and O–H groups in total. The van der Waals surface area contributed by atoms with Crippen LogP contribution in [0.3, 0.4) is 0 Å². The van der Waals surface area contributed by atoms with Crippen molar-refractivity contribution in [1.29, 1.82) is 0 Å². The molecular weight excluding hydrogens is 287 g/mol. The van der Waals surface area contributed by atoms with E-state index in [9.17, 15) is 0 Å². The quantitative estimate of drug-likeness (QED) is 0.556. The van der Waals surface area contributed by atoms with Crippen LogP contribution >= 0.6 is 19.8 Å². The van der Waals surface area contributed by atoms with Gasteiger partial charge in [-0.05, 0) is 0 Å². The van der Waals surface area contributed by atoms with Gasteiger partial charge in [0.2, 0.25) is 0 Å². The van der Waals surface area contributed by atoms with Crippen molar-refractivity contribution in [1.82, 2.24) is 0 Å². The van der Waals surface area contributed by atoms with Gasteiger partial charge in [-0.3, -0.25) is 0 Å². The van der Waals surface area contributed by atoms with Crippen molar-refractivity contribution in [2.24, 2.45) is 10.2 Å². The molecule has 14 heavy (non-hydrogen) atoms. The predicted octanol–water partition coefficient (Wildman–Crippen LogP) is 3.98. The molecule has 1 fully saturated rings. The van der Waals surface area contributed by atoms with Gasteiger partial charge in [0, 0.05) is 0 Å². The Kier molecular flexibility index (Phi) is 3.96. The van der Waals surface area contributed by atoms with Crippen LogP contribution in [-0.4, -0.2) is 11.9 Å². The van der Waals surface area contributed by atoms with Gasteiger partial charge >= 0.3 is 93.8 Å². The van der Waals surface area contributed by atoms with Crippen molar-refractivity contribution in [2.75, 3.05) is 4.43 Å². The Balaban J connectivity index is 1.96. The van der Waals surface area contributed by atoms with Gasteiger partial charge in [0.15, 0.2) is 0 Å². The molecule has 0 aromatic carbocycles. The van der Waals surface area contributed by atoms with Gasteiger partial charge in [0.05, 0.1) is 0 Å². The van der Waals surface area contributed by atoms with Crippen molar-refractivity contribution in [3.63, 3.8) is 0 Å². The molecule has 0 bridgehead atoms. The number of hydrogen-bond acceptors (Lipinski definition) is 2. The van der Waals surface area contributed by atoms with E-state index in [0.29, 0.717) is 0 Å². The minimum absolute atomic E-state index is 0.962. The van der Waals surface area contributed by atoms with E-state index in [1.807, 2.05) is 0 Å². The third kappa shape index (κ3) is 2.35. The van der Waals surface area contributed by atoms with Gasteiger partial charge in [0.25, 0.3) is 0 Å². The Morgan fingerprint density at radius 3 is 3.00 bits per heavy atom. The molecular formula is C11H19IN2. The summed E-state index contributed by atoms with van der Waals surface area (Å²) in [5, 5.41) is 8.86. The third-order valence-electron chi connectivity index (χ3n) is 2.74. The zero-order valence-corrected chi connectivity index (χ0v) is 11.1. The van der Waals surface area contributed by atoms with Gasteiger partial charge in [-0.2, -0.15) is 0 Å². The Hall–Kier alpha value is 0.0700. The van der Waals surface area contributed by atoms with Crippen LogP contribution in [0.15, 0.2) is 10.2 Å². The molecule has 0 aromatic rings. The molecule has 80 valence electrons. The molecule has 0 spiro atoms. The molecule has 2 heterocycles. The fraction of sp³-hybridized carbons (Fsp3) is 0.818. The second-order valence-electron chi connectivity index (χ2n) is 3.92. The van der Waals surface area contributed by atoms with Crippen molar-refractivity contribution < 1.29 is 0 Å². The summed E-state index contributed by atoms with van der Waals surface area (Å²) in [5.41, 5.74) is 0. The molecule has 1 saturated heterocycles. The standard InChI is InChI=1S/C11H19IN2/c1-2-3-7-10-12-9-6-4-5-8-11(12)14-13-10/h2-9H2,1H3. The first-order valence-electron chi connectivity index (χ1n) is 5.71. The van der Waals surface area contributed by atoms with E-state index in [-0.39, 0.29) is 0 Å². The van der Waals surface area contributed by atoms with E-state index in [0.717, 1.165) is 0 Å². The summed E-state index contributed by atoms with van der Waals surface area (Å²) >= 11 is -0.962. The Morgan fingerprint density at radius 2 is 2.14 bits per heavy atom. The monoisotopic (exact) mass is 306 g/mol. The summed E-state index contributed by atoms with van der Waals surface area (Å²) in [6, 6.07) is 0. The van der Waals surface area contributed by atoms with Crippen LogP contribution < -0.4 is 0 Å². The van der Waals surface area contributed by atoms with Crippen molar-refractivity contribution in [2.45, 2.75) is 51.9 Å². The fourth-order valence-corrected chi connectivity index (χ4v) is 7.94. The zero-order valence-electron chi connectivity index (χ0n) is 8.93. The zero-order chi connectivity index (χ0) is 9.80. The van der Waals surface area contributed by atoms with Crippen LogP contribution in [0, 0.1) is 0 Å². The Morgan fingerprint density at radius 1 is 1.21 bits per heavy atom. The van der Waals surface area contributed by atoms with Gasteiger partial charge in [0.1, 0.15) is 0 Å². The number of rotatable bonds is 3. The van der Waals surface area contributed by atoms with Crippen molar-refractivity contribution in [3.8, 4) is 0 Å². The number of unbranched alkanes of at least 4 members (excludes halogenated alkanes) is 1. The summed E-state index contributed by atoms with van der Waals surface area (Å²) in [6.45, 7) is 2.26. The second-order valence-corrected chi connectivity index (χ2v) is 9.55. The normalized spacial score (nSPS) is 23.9. The van der Waals surface area contributed by atoms with E-state index in [2.05, 4.69) is 17.1 Å². The summed E-state index contributed by atoms with van der Waals surface area (Å²) in [6.07, 6.45) is 9.35. The number of halogens is 1. The fourth-order valence-electron chi connectivity index (χ4n) is 1.87. The molecule has 0 aliphatic carbocycles. The van der Waals surface area contributed by atoms with E-state index in [4.69, 9.17) is 0 Å². The maximum atomic E-state index is 4.43. The Labute approximate surface area is 93.6 Å². The molecule has 2 nitrogen and oxygen atoms in total. The van der Waals surface area contributed by atoms with Crippen molar-refractivity contribution >= 4 is 27.3 Å². The SMILES string of the molecule is CCCCC1=NN=C2CCCCCI12. The average molecular weight is 306 g/mol. The first kappa shape index (κ1) is 10.6. The maximum absolute atomic E-state index is 4.43. The summed E-state index contributed by atoms with van der Waals surface area (Å²) in [4.78, 5) is 0. The van der Waals surface area contributed by atoms with Crippen molar-refractivity contribution in [3.05, 3.63) is 0 Å². The van der Waals surface area contributed by atoms with Gasteiger partial charge in [-0.15, -0.1) is 0 Å². The number of nitrogens with zero attached hydrogens (tertiary/aromatic N) is 2. The molecule has 0 amide bonds. The molecule has 0 radical (unpaired) electrons. The molecule has 0 aromatic heterocycles. The first-order chi connectivity index (χ1) is 6.92. The number of fused-ring (bicyclic) bond motifs is 1. The summed E-state index contributed by atoms with van der Waals surface area (Å²) in [7, 11) is 0. The number of hydrogen-bond donors (Lipinski definition) is 0. The molecule has 2 rings (SSSR count). The summed E-state index contributed by atoms with van der Waals surface area (Å²) < 4.78 is 4.54. The summed E-state index contributed by atoms with van der Waals surface area (Å²) in [5.74, 6) is 0. The third-order valence-corrected chi connectivity index (χ3v) is 9.09. The minimum atomic E-state index is -0.962. The second kappa shape index (κ2) is 5.24. The van der Waals surface area contributed by atoms with E-state index < -0.39 is 19.8 Å². The van der Waals surface area contributed by atoms with Gasteiger partial charge < -0.3 is 0 Å². The Bertz CT molecular complexity index is 258. The van der Waals surface area contributed by atoms with Gasteiger partial charge in [-0.25, -0.2) is 0 Å². The molecule has 2 aliphatic heterocycles. The average Bonchev–Trinajstić information content (AvgIpc) is 2.45. The first-order valence-corrected chi connectivity index (χ1v) is 9.39. The van der Waals surface area contributed by atoms with E-state index >= 15 is 0 Å². The van der Waals surface area contributed by atoms with Gasteiger partial charge in [-0.1, -0.05) is 0 Å². The molecule has 0 unspecified atom stereocenters. The topological polar surface area (TPSA) is 24.7 Å². The van der Waals surface area contributed by atoms with Crippen LogP contribution in [0.5, 0.6) is 0 Å². The van der Waals surface area contributed by atoms with Crippen LogP contribution in [-0.2, 0) is 0 Å².